The SMILES string of the molecule is CCCN1[C@H]2CC[C@H](OC(=O)C(O)(c3ccccc3)c3ccccc3)[C@@H]1CC2. The molecule has 0 unspecified atom stereocenters. The van der Waals surface area contributed by atoms with Crippen molar-refractivity contribution in [3.05, 3.63) is 71.8 Å². The maximum atomic E-state index is 13.4. The van der Waals surface area contributed by atoms with Crippen LogP contribution < -0.4 is 0 Å². The smallest absolute Gasteiger partial charge is 0.348 e. The molecule has 4 rings (SSSR count). The van der Waals surface area contributed by atoms with Gasteiger partial charge in [-0.1, -0.05) is 67.6 Å². The second kappa shape index (κ2) is 8.06. The minimum Gasteiger partial charge on any atom is -0.458 e. The first-order chi connectivity index (χ1) is 13.6. The molecule has 0 radical (unpaired) electrons. The Morgan fingerprint density at radius 3 is 2.14 bits per heavy atom. The lowest BCUT2D eigenvalue weighted by Gasteiger charge is -2.40. The number of benzene rings is 2. The molecule has 0 aromatic heterocycles. The molecule has 148 valence electrons. The van der Waals surface area contributed by atoms with E-state index in [2.05, 4.69) is 11.8 Å². The number of fused-ring (bicyclic) bond motifs is 2. The quantitative estimate of drug-likeness (QED) is 0.774. The van der Waals surface area contributed by atoms with E-state index in [0.29, 0.717) is 17.2 Å². The molecular formula is C24H29NO3. The molecular weight excluding hydrogens is 350 g/mol. The topological polar surface area (TPSA) is 49.8 Å². The van der Waals surface area contributed by atoms with Gasteiger partial charge in [0, 0.05) is 12.1 Å². The van der Waals surface area contributed by atoms with Crippen LogP contribution in [0.4, 0.5) is 0 Å². The summed E-state index contributed by atoms with van der Waals surface area (Å²) in [5, 5.41) is 11.6. The molecule has 2 saturated heterocycles. The molecule has 2 aromatic carbocycles. The monoisotopic (exact) mass is 379 g/mol. The number of carbonyl (C=O) groups excluding carboxylic acids is 1. The number of hydrogen-bond donors (Lipinski definition) is 1. The Labute approximate surface area is 167 Å². The van der Waals surface area contributed by atoms with Crippen LogP contribution in [0.3, 0.4) is 0 Å². The van der Waals surface area contributed by atoms with Gasteiger partial charge in [-0.25, -0.2) is 4.79 Å². The number of piperidine rings is 1. The summed E-state index contributed by atoms with van der Waals surface area (Å²) in [4.78, 5) is 15.9. The van der Waals surface area contributed by atoms with Gasteiger partial charge in [0.1, 0.15) is 6.10 Å². The zero-order valence-corrected chi connectivity index (χ0v) is 16.5. The number of esters is 1. The van der Waals surface area contributed by atoms with Crippen LogP contribution in [0.2, 0.25) is 0 Å². The Hall–Kier alpha value is -2.17. The highest BCUT2D eigenvalue weighted by atomic mass is 16.6. The van der Waals surface area contributed by atoms with Gasteiger partial charge in [-0.2, -0.15) is 0 Å². The zero-order valence-electron chi connectivity index (χ0n) is 16.5. The summed E-state index contributed by atoms with van der Waals surface area (Å²) in [6.07, 6.45) is 5.13. The highest BCUT2D eigenvalue weighted by Crippen LogP contribution is 2.39. The zero-order chi connectivity index (χ0) is 19.6. The van der Waals surface area contributed by atoms with Gasteiger partial charge >= 0.3 is 5.97 Å². The predicted molar refractivity (Wildman–Crippen MR) is 109 cm³/mol. The molecule has 4 nitrogen and oxygen atoms in total. The summed E-state index contributed by atoms with van der Waals surface area (Å²) in [5.41, 5.74) is -0.721. The first-order valence-electron chi connectivity index (χ1n) is 10.4. The van der Waals surface area contributed by atoms with Gasteiger partial charge in [0.2, 0.25) is 5.60 Å². The molecule has 28 heavy (non-hydrogen) atoms. The van der Waals surface area contributed by atoms with Gasteiger partial charge in [0.05, 0.1) is 0 Å². The maximum Gasteiger partial charge on any atom is 0.348 e. The fourth-order valence-corrected chi connectivity index (χ4v) is 4.95. The lowest BCUT2D eigenvalue weighted by molar-refractivity contribution is -0.173. The van der Waals surface area contributed by atoms with Gasteiger partial charge in [-0.15, -0.1) is 0 Å². The summed E-state index contributed by atoms with van der Waals surface area (Å²) in [6.45, 7) is 3.24. The number of nitrogens with zero attached hydrogens (tertiary/aromatic N) is 1. The fourth-order valence-electron chi connectivity index (χ4n) is 4.95. The van der Waals surface area contributed by atoms with Gasteiger partial charge in [0.25, 0.3) is 0 Å². The summed E-state index contributed by atoms with van der Waals surface area (Å²) in [6, 6.07) is 19.1. The van der Waals surface area contributed by atoms with Crippen LogP contribution in [0.1, 0.15) is 50.2 Å². The maximum absolute atomic E-state index is 13.4. The predicted octanol–water partition coefficient (Wildman–Crippen LogP) is 3.87. The van der Waals surface area contributed by atoms with E-state index >= 15 is 0 Å². The highest BCUT2D eigenvalue weighted by Gasteiger charge is 2.47. The lowest BCUT2D eigenvalue weighted by atomic mass is 9.86. The molecule has 2 fully saturated rings. The fraction of sp³-hybridized carbons (Fsp3) is 0.458. The number of ether oxygens (including phenoxy) is 1. The third-order valence-electron chi connectivity index (χ3n) is 6.32. The van der Waals surface area contributed by atoms with Crippen LogP contribution in [-0.4, -0.2) is 40.7 Å². The first-order valence-corrected chi connectivity index (χ1v) is 10.4. The van der Waals surface area contributed by atoms with Gasteiger partial charge in [-0.05, 0) is 49.8 Å². The highest BCUT2D eigenvalue weighted by molar-refractivity contribution is 5.85. The molecule has 2 bridgehead atoms. The number of carbonyl (C=O) groups is 1. The van der Waals surface area contributed by atoms with Crippen molar-refractivity contribution in [3.63, 3.8) is 0 Å². The van der Waals surface area contributed by atoms with Crippen molar-refractivity contribution in [2.24, 2.45) is 0 Å². The van der Waals surface area contributed by atoms with E-state index in [1.165, 1.54) is 6.42 Å². The first kappa shape index (κ1) is 19.2. The average Bonchev–Trinajstić information content (AvgIpc) is 3.02. The van der Waals surface area contributed by atoms with E-state index in [9.17, 15) is 9.90 Å². The van der Waals surface area contributed by atoms with Crippen molar-refractivity contribution >= 4 is 5.97 Å². The van der Waals surface area contributed by atoms with E-state index in [4.69, 9.17) is 4.74 Å². The summed E-state index contributed by atoms with van der Waals surface area (Å²) in [5.74, 6) is -0.573. The standard InChI is InChI=1S/C24H29NO3/c1-2-17-25-20-13-15-21(25)22(16-14-20)28-23(26)24(27,18-9-5-3-6-10-18)19-11-7-4-8-12-19/h3-12,20-22,27H,2,13-17H2,1H3/t20-,21+,22+/m1/s1. The molecule has 2 aliphatic rings. The van der Waals surface area contributed by atoms with Crippen LogP contribution >= 0.6 is 0 Å². The summed E-state index contributed by atoms with van der Waals surface area (Å²) >= 11 is 0. The van der Waals surface area contributed by atoms with Gasteiger partial charge in [-0.3, -0.25) is 4.90 Å². The van der Waals surface area contributed by atoms with E-state index in [-0.39, 0.29) is 12.1 Å². The molecule has 2 heterocycles. The Kier molecular flexibility index (Phi) is 5.51. The van der Waals surface area contributed by atoms with Crippen molar-refractivity contribution < 1.29 is 14.6 Å². The third-order valence-corrected chi connectivity index (χ3v) is 6.32. The van der Waals surface area contributed by atoms with Crippen LogP contribution in [-0.2, 0) is 15.1 Å². The molecule has 0 aliphatic carbocycles. The van der Waals surface area contributed by atoms with Crippen molar-refractivity contribution in [1.82, 2.24) is 4.90 Å². The molecule has 0 saturated carbocycles. The van der Waals surface area contributed by atoms with Crippen molar-refractivity contribution in [2.45, 2.75) is 62.8 Å². The second-order valence-corrected chi connectivity index (χ2v) is 8.00. The number of hydrogen-bond acceptors (Lipinski definition) is 4. The Morgan fingerprint density at radius 2 is 1.57 bits per heavy atom. The van der Waals surface area contributed by atoms with Crippen LogP contribution in [0.15, 0.2) is 60.7 Å². The summed E-state index contributed by atoms with van der Waals surface area (Å²) < 4.78 is 6.04. The molecule has 2 aliphatic heterocycles. The molecule has 0 amide bonds. The van der Waals surface area contributed by atoms with Crippen molar-refractivity contribution in [2.75, 3.05) is 6.54 Å². The minimum absolute atomic E-state index is 0.156. The van der Waals surface area contributed by atoms with E-state index < -0.39 is 11.6 Å². The number of rotatable bonds is 6. The van der Waals surface area contributed by atoms with Gasteiger partial charge < -0.3 is 9.84 Å². The van der Waals surface area contributed by atoms with Crippen molar-refractivity contribution in [1.29, 1.82) is 0 Å². The molecule has 0 spiro atoms. The van der Waals surface area contributed by atoms with Crippen LogP contribution in [0, 0.1) is 0 Å². The molecule has 2 aromatic rings. The van der Waals surface area contributed by atoms with Gasteiger partial charge in [0.15, 0.2) is 0 Å². The normalized spacial score (nSPS) is 24.9. The van der Waals surface area contributed by atoms with Crippen LogP contribution in [0.25, 0.3) is 0 Å². The third kappa shape index (κ3) is 3.36. The molecule has 3 atom stereocenters. The Morgan fingerprint density at radius 1 is 1.00 bits per heavy atom. The van der Waals surface area contributed by atoms with Crippen molar-refractivity contribution in [3.8, 4) is 0 Å². The average molecular weight is 380 g/mol. The Bertz CT molecular complexity index is 753. The number of aliphatic hydroxyl groups is 1. The minimum atomic E-state index is -1.80. The Balaban J connectivity index is 1.62. The van der Waals surface area contributed by atoms with E-state index in [0.717, 1.165) is 32.2 Å². The van der Waals surface area contributed by atoms with E-state index in [1.54, 1.807) is 24.3 Å². The molecule has 4 heteroatoms. The molecule has 1 N–H and O–H groups in total. The summed E-state index contributed by atoms with van der Waals surface area (Å²) in [7, 11) is 0. The lowest BCUT2D eigenvalue weighted by Crippen LogP contribution is -2.51. The van der Waals surface area contributed by atoms with Crippen LogP contribution in [0.5, 0.6) is 0 Å². The largest absolute Gasteiger partial charge is 0.458 e. The second-order valence-electron chi connectivity index (χ2n) is 8.00. The van der Waals surface area contributed by atoms with E-state index in [1.807, 2.05) is 36.4 Å².